The Kier molecular flexibility index (Phi) is 4.84. The number of nitrogens with zero attached hydrogens (tertiary/aromatic N) is 4. The van der Waals surface area contributed by atoms with Crippen molar-refractivity contribution in [3.05, 3.63) is 18.6 Å². The van der Waals surface area contributed by atoms with Crippen molar-refractivity contribution >= 4 is 38.1 Å². The highest BCUT2D eigenvalue weighted by molar-refractivity contribution is 7.92. The Morgan fingerprint density at radius 1 is 1.35 bits per heavy atom. The Labute approximate surface area is 156 Å². The Hall–Kier alpha value is -1.36. The monoisotopic (exact) mass is 397 g/mol. The summed E-state index contributed by atoms with van der Waals surface area (Å²) in [6, 6.07) is 2.36. The maximum absolute atomic E-state index is 12.5. The average Bonchev–Trinajstić information content (AvgIpc) is 3.05. The van der Waals surface area contributed by atoms with Gasteiger partial charge < -0.3 is 14.4 Å². The molecular formula is C16H23N5O3S2. The second-order valence-electron chi connectivity index (χ2n) is 7.11. The van der Waals surface area contributed by atoms with Gasteiger partial charge in [-0.25, -0.2) is 18.4 Å². The average molecular weight is 398 g/mol. The van der Waals surface area contributed by atoms with Crippen LogP contribution in [0.3, 0.4) is 0 Å². The van der Waals surface area contributed by atoms with Gasteiger partial charge in [0.1, 0.15) is 23.5 Å². The molecule has 3 heterocycles. The summed E-state index contributed by atoms with van der Waals surface area (Å²) in [5.74, 6) is 2.19. The number of fused-ring (bicyclic) bond motifs is 1. The second-order valence-corrected chi connectivity index (χ2v) is 10.9. The van der Waals surface area contributed by atoms with Crippen LogP contribution in [0.5, 0.6) is 0 Å². The SMILES string of the molecule is CN(c1ncnc2[nH]ccc12)[C@H]1C[C@@H](C[S+]([O-])N2CCS(=O)(=O)CC2)C1. The molecule has 1 atom stereocenters. The summed E-state index contributed by atoms with van der Waals surface area (Å²) in [5, 5.41) is 1.01. The van der Waals surface area contributed by atoms with Crippen LogP contribution in [0.2, 0.25) is 0 Å². The molecule has 1 aliphatic carbocycles. The van der Waals surface area contributed by atoms with E-state index in [1.165, 1.54) is 0 Å². The van der Waals surface area contributed by atoms with E-state index < -0.39 is 21.2 Å². The highest BCUT2D eigenvalue weighted by Gasteiger charge is 2.38. The molecule has 1 N–H and O–H groups in total. The Bertz CT molecular complexity index is 867. The molecule has 1 saturated carbocycles. The van der Waals surface area contributed by atoms with Crippen molar-refractivity contribution in [1.29, 1.82) is 0 Å². The minimum atomic E-state index is -2.93. The highest BCUT2D eigenvalue weighted by atomic mass is 32.2. The molecule has 26 heavy (non-hydrogen) atoms. The van der Waals surface area contributed by atoms with E-state index in [0.717, 1.165) is 29.7 Å². The molecule has 0 bridgehead atoms. The van der Waals surface area contributed by atoms with E-state index in [0.29, 0.717) is 30.8 Å². The maximum Gasteiger partial charge on any atom is 0.153 e. The van der Waals surface area contributed by atoms with E-state index in [1.54, 1.807) is 6.33 Å². The number of aromatic nitrogens is 3. The molecule has 0 amide bonds. The van der Waals surface area contributed by atoms with Crippen LogP contribution in [0.1, 0.15) is 12.8 Å². The fourth-order valence-corrected chi connectivity index (χ4v) is 6.58. The molecule has 1 saturated heterocycles. The quantitative estimate of drug-likeness (QED) is 0.735. The molecule has 2 aliphatic rings. The van der Waals surface area contributed by atoms with Crippen molar-refractivity contribution in [2.45, 2.75) is 18.9 Å². The predicted octanol–water partition coefficient (Wildman–Crippen LogP) is 0.567. The smallest absolute Gasteiger partial charge is 0.153 e. The van der Waals surface area contributed by atoms with Gasteiger partial charge >= 0.3 is 0 Å². The zero-order valence-electron chi connectivity index (χ0n) is 14.7. The summed E-state index contributed by atoms with van der Waals surface area (Å²) in [4.78, 5) is 13.9. The zero-order chi connectivity index (χ0) is 18.3. The first-order valence-corrected chi connectivity index (χ1v) is 11.9. The fraction of sp³-hybridized carbons (Fsp3) is 0.625. The van der Waals surface area contributed by atoms with E-state index in [-0.39, 0.29) is 11.5 Å². The first-order chi connectivity index (χ1) is 12.4. The Balaban J connectivity index is 1.31. The lowest BCUT2D eigenvalue weighted by Gasteiger charge is -2.42. The van der Waals surface area contributed by atoms with Gasteiger partial charge in [-0.05, 0) is 18.9 Å². The van der Waals surface area contributed by atoms with E-state index >= 15 is 0 Å². The van der Waals surface area contributed by atoms with Crippen molar-refractivity contribution in [1.82, 2.24) is 19.3 Å². The van der Waals surface area contributed by atoms with E-state index in [9.17, 15) is 13.0 Å². The third-order valence-electron chi connectivity index (χ3n) is 5.40. The molecule has 2 aromatic heterocycles. The lowest BCUT2D eigenvalue weighted by atomic mass is 9.81. The van der Waals surface area contributed by atoms with Crippen molar-refractivity contribution in [2.24, 2.45) is 5.92 Å². The maximum atomic E-state index is 12.5. The third-order valence-corrected chi connectivity index (χ3v) is 8.70. The molecular weight excluding hydrogens is 374 g/mol. The molecule has 1 aliphatic heterocycles. The van der Waals surface area contributed by atoms with E-state index in [1.807, 2.05) is 23.6 Å². The summed E-state index contributed by atoms with van der Waals surface area (Å²) in [7, 11) is -0.887. The summed E-state index contributed by atoms with van der Waals surface area (Å²) >= 11 is -1.09. The molecule has 10 heteroatoms. The molecule has 2 aromatic rings. The van der Waals surface area contributed by atoms with Gasteiger partial charge in [0, 0.05) is 36.6 Å². The molecule has 0 radical (unpaired) electrons. The molecule has 2 fully saturated rings. The fourth-order valence-electron chi connectivity index (χ4n) is 3.67. The van der Waals surface area contributed by atoms with Crippen LogP contribution in [-0.2, 0) is 21.2 Å². The molecule has 8 nitrogen and oxygen atoms in total. The summed E-state index contributed by atoms with van der Waals surface area (Å²) in [6.07, 6.45) is 5.39. The van der Waals surface area contributed by atoms with Gasteiger partial charge in [0.05, 0.1) is 30.0 Å². The second kappa shape index (κ2) is 6.99. The van der Waals surface area contributed by atoms with E-state index in [4.69, 9.17) is 0 Å². The number of hydrogen-bond donors (Lipinski definition) is 1. The lowest BCUT2D eigenvalue weighted by Crippen LogP contribution is -2.49. The normalized spacial score (nSPS) is 27.2. The molecule has 4 rings (SSSR count). The largest absolute Gasteiger partial charge is 0.598 e. The lowest BCUT2D eigenvalue weighted by molar-refractivity contribution is 0.278. The summed E-state index contributed by atoms with van der Waals surface area (Å²) < 4.78 is 37.3. The van der Waals surface area contributed by atoms with Crippen LogP contribution in [0.4, 0.5) is 5.82 Å². The minimum absolute atomic E-state index is 0.120. The molecule has 0 aromatic carbocycles. The van der Waals surface area contributed by atoms with Crippen molar-refractivity contribution in [2.75, 3.05) is 42.3 Å². The van der Waals surface area contributed by atoms with Crippen molar-refractivity contribution in [3.63, 3.8) is 0 Å². The van der Waals surface area contributed by atoms with Crippen LogP contribution in [0.25, 0.3) is 11.0 Å². The molecule has 0 spiro atoms. The van der Waals surface area contributed by atoms with Gasteiger partial charge in [-0.2, -0.15) is 0 Å². The third kappa shape index (κ3) is 3.55. The zero-order valence-corrected chi connectivity index (χ0v) is 16.3. The first kappa shape index (κ1) is 18.0. The number of H-pyrrole nitrogens is 1. The van der Waals surface area contributed by atoms with Gasteiger partial charge in [-0.3, -0.25) is 0 Å². The number of nitrogens with one attached hydrogen (secondary N) is 1. The molecule has 142 valence electrons. The van der Waals surface area contributed by atoms with Gasteiger partial charge in [0.15, 0.2) is 9.84 Å². The van der Waals surface area contributed by atoms with Gasteiger partial charge in [-0.1, -0.05) is 0 Å². The van der Waals surface area contributed by atoms with Crippen molar-refractivity contribution < 1.29 is 13.0 Å². The van der Waals surface area contributed by atoms with Crippen LogP contribution in [0, 0.1) is 5.92 Å². The van der Waals surface area contributed by atoms with Gasteiger partial charge in [0.25, 0.3) is 0 Å². The minimum Gasteiger partial charge on any atom is -0.598 e. The summed E-state index contributed by atoms with van der Waals surface area (Å²) in [6.45, 7) is 0.773. The van der Waals surface area contributed by atoms with Crippen molar-refractivity contribution in [3.8, 4) is 0 Å². The number of aromatic amines is 1. The van der Waals surface area contributed by atoms with Crippen LogP contribution in [-0.4, -0.2) is 75.7 Å². The van der Waals surface area contributed by atoms with E-state index in [2.05, 4.69) is 19.9 Å². The number of anilines is 1. The molecule has 1 unspecified atom stereocenters. The predicted molar refractivity (Wildman–Crippen MR) is 102 cm³/mol. The summed E-state index contributed by atoms with van der Waals surface area (Å²) in [5.41, 5.74) is 0.832. The topological polar surface area (TPSA) is 105 Å². The Morgan fingerprint density at radius 3 is 2.81 bits per heavy atom. The first-order valence-electron chi connectivity index (χ1n) is 8.78. The van der Waals surface area contributed by atoms with Gasteiger partial charge in [0.2, 0.25) is 0 Å². The van der Waals surface area contributed by atoms with Gasteiger partial charge in [-0.15, -0.1) is 4.31 Å². The standard InChI is InChI=1S/C16H23N5O3S2/c1-20(16-14-2-3-17-15(14)18-11-19-16)13-8-12(9-13)10-25(22)21-4-6-26(23,24)7-5-21/h2-3,11-13H,4-10H2,1H3,(H,17,18,19)/t12-,13+,25?. The number of rotatable bonds is 5. The van der Waals surface area contributed by atoms with Crippen LogP contribution < -0.4 is 4.90 Å². The number of hydrogen-bond acceptors (Lipinski definition) is 7. The van der Waals surface area contributed by atoms with Crippen LogP contribution >= 0.6 is 0 Å². The Morgan fingerprint density at radius 2 is 2.08 bits per heavy atom. The highest BCUT2D eigenvalue weighted by Crippen LogP contribution is 2.36. The number of sulfone groups is 1. The van der Waals surface area contributed by atoms with Crippen LogP contribution in [0.15, 0.2) is 18.6 Å².